The van der Waals surface area contributed by atoms with Gasteiger partial charge in [-0.05, 0) is 73.2 Å². The van der Waals surface area contributed by atoms with Crippen molar-refractivity contribution in [3.05, 3.63) is 57.6 Å². The van der Waals surface area contributed by atoms with E-state index in [9.17, 15) is 0 Å². The first-order chi connectivity index (χ1) is 10.9. The molecular weight excluding hydrogens is 399 g/mol. The molecule has 2 aromatic carbocycles. The molecule has 0 spiro atoms. The van der Waals surface area contributed by atoms with Crippen LogP contribution in [0.5, 0.6) is 11.5 Å². The van der Waals surface area contributed by atoms with Crippen LogP contribution in [-0.2, 0) is 0 Å². The Morgan fingerprint density at radius 2 is 1.13 bits per heavy atom. The fourth-order valence-electron chi connectivity index (χ4n) is 3.15. The van der Waals surface area contributed by atoms with Gasteiger partial charge in [-0.25, -0.2) is 0 Å². The number of ether oxygens (including phenoxy) is 2. The summed E-state index contributed by atoms with van der Waals surface area (Å²) in [6.07, 6.45) is 0. The number of halogens is 1. The molecule has 0 saturated heterocycles. The number of alkyl halides is 1. The molecule has 2 rings (SSSR count). The van der Waals surface area contributed by atoms with E-state index >= 15 is 0 Å². The van der Waals surface area contributed by atoms with Crippen molar-refractivity contribution in [2.45, 2.75) is 33.6 Å². The highest BCUT2D eigenvalue weighted by atomic mass is 127. The van der Waals surface area contributed by atoms with Crippen LogP contribution in [0.2, 0.25) is 0 Å². The molecule has 0 N–H and O–H groups in total. The number of aryl methyl sites for hydroxylation is 4. The molecule has 3 heteroatoms. The molecule has 0 bridgehead atoms. The Morgan fingerprint density at radius 3 is 1.43 bits per heavy atom. The molecule has 0 unspecified atom stereocenters. The van der Waals surface area contributed by atoms with Gasteiger partial charge < -0.3 is 9.47 Å². The van der Waals surface area contributed by atoms with E-state index in [-0.39, 0.29) is 0 Å². The largest absolute Gasteiger partial charge is 0.496 e. The second kappa shape index (κ2) is 7.56. The van der Waals surface area contributed by atoms with E-state index in [1.807, 2.05) is 0 Å². The van der Waals surface area contributed by atoms with Crippen molar-refractivity contribution in [2.24, 2.45) is 0 Å². The fourth-order valence-corrected chi connectivity index (χ4v) is 4.10. The van der Waals surface area contributed by atoms with Crippen molar-refractivity contribution in [1.82, 2.24) is 0 Å². The number of hydrogen-bond acceptors (Lipinski definition) is 2. The predicted octanol–water partition coefficient (Wildman–Crippen LogP) is 5.50. The molecule has 2 nitrogen and oxygen atoms in total. The number of methoxy groups -OCH3 is 2. The molecule has 0 heterocycles. The summed E-state index contributed by atoms with van der Waals surface area (Å²) in [6.45, 7) is 8.56. The van der Waals surface area contributed by atoms with Crippen LogP contribution in [0.25, 0.3) is 0 Å². The summed E-state index contributed by atoms with van der Waals surface area (Å²) in [5.74, 6) is 2.30. The third-order valence-corrected chi connectivity index (χ3v) is 5.35. The van der Waals surface area contributed by atoms with Crippen LogP contribution in [0.4, 0.5) is 0 Å². The van der Waals surface area contributed by atoms with Gasteiger partial charge in [-0.15, -0.1) is 0 Å². The van der Waals surface area contributed by atoms with Gasteiger partial charge in [-0.3, -0.25) is 0 Å². The highest BCUT2D eigenvalue weighted by Gasteiger charge is 2.20. The molecule has 0 atom stereocenters. The Balaban J connectivity index is 2.57. The van der Waals surface area contributed by atoms with Crippen molar-refractivity contribution in [1.29, 1.82) is 0 Å². The second-order valence-electron chi connectivity index (χ2n) is 6.06. The first-order valence-corrected chi connectivity index (χ1v) is 9.31. The average molecular weight is 424 g/mol. The van der Waals surface area contributed by atoms with E-state index in [2.05, 4.69) is 74.6 Å². The summed E-state index contributed by atoms with van der Waals surface area (Å²) in [4.78, 5) is 0. The zero-order valence-electron chi connectivity index (χ0n) is 14.8. The minimum Gasteiger partial charge on any atom is -0.496 e. The van der Waals surface area contributed by atoms with Gasteiger partial charge in [0.15, 0.2) is 0 Å². The van der Waals surface area contributed by atoms with E-state index in [0.717, 1.165) is 15.9 Å². The fraction of sp³-hybridized carbons (Fsp3) is 0.400. The minimum atomic E-state index is 0.379. The Bertz CT molecular complexity index is 648. The summed E-state index contributed by atoms with van der Waals surface area (Å²) in [5.41, 5.74) is 7.69. The molecule has 0 aromatic heterocycles. The lowest BCUT2D eigenvalue weighted by atomic mass is 9.85. The van der Waals surface area contributed by atoms with Gasteiger partial charge in [0.2, 0.25) is 0 Å². The molecule has 0 amide bonds. The van der Waals surface area contributed by atoms with Crippen LogP contribution in [0.15, 0.2) is 24.3 Å². The molecule has 0 fully saturated rings. The van der Waals surface area contributed by atoms with Crippen LogP contribution in [0.1, 0.15) is 39.3 Å². The molecule has 0 saturated carbocycles. The Morgan fingerprint density at radius 1 is 0.739 bits per heavy atom. The van der Waals surface area contributed by atoms with E-state index in [1.54, 1.807) is 14.2 Å². The van der Waals surface area contributed by atoms with Crippen LogP contribution in [0.3, 0.4) is 0 Å². The quantitative estimate of drug-likeness (QED) is 0.466. The van der Waals surface area contributed by atoms with Crippen molar-refractivity contribution in [3.63, 3.8) is 0 Å². The van der Waals surface area contributed by atoms with Gasteiger partial charge in [-0.1, -0.05) is 34.7 Å². The Hall–Kier alpha value is -1.23. The summed E-state index contributed by atoms with van der Waals surface area (Å²) in [7, 11) is 3.46. The van der Waals surface area contributed by atoms with Crippen molar-refractivity contribution < 1.29 is 9.47 Å². The van der Waals surface area contributed by atoms with Gasteiger partial charge in [-0.2, -0.15) is 0 Å². The lowest BCUT2D eigenvalue weighted by Gasteiger charge is -2.22. The highest BCUT2D eigenvalue weighted by molar-refractivity contribution is 14.1. The molecule has 124 valence electrons. The molecule has 0 aliphatic rings. The topological polar surface area (TPSA) is 18.5 Å². The van der Waals surface area contributed by atoms with Crippen LogP contribution in [0, 0.1) is 27.7 Å². The zero-order valence-corrected chi connectivity index (χ0v) is 16.9. The SMILES string of the molecule is COc1cc(C)c(C(CI)c2cc(C)c(OC)cc2C)cc1C. The Labute approximate surface area is 153 Å². The predicted molar refractivity (Wildman–Crippen MR) is 106 cm³/mol. The van der Waals surface area contributed by atoms with E-state index < -0.39 is 0 Å². The Kier molecular flexibility index (Phi) is 5.95. The molecule has 0 radical (unpaired) electrons. The van der Waals surface area contributed by atoms with Gasteiger partial charge in [0.1, 0.15) is 11.5 Å². The highest BCUT2D eigenvalue weighted by Crippen LogP contribution is 2.36. The number of rotatable bonds is 5. The summed E-state index contributed by atoms with van der Waals surface area (Å²) in [6, 6.07) is 8.85. The lowest BCUT2D eigenvalue weighted by Crippen LogP contribution is -2.08. The summed E-state index contributed by atoms with van der Waals surface area (Å²) in [5, 5.41) is 0. The van der Waals surface area contributed by atoms with E-state index in [1.165, 1.54) is 33.4 Å². The van der Waals surface area contributed by atoms with E-state index in [0.29, 0.717) is 5.92 Å². The number of hydrogen-bond donors (Lipinski definition) is 0. The molecule has 23 heavy (non-hydrogen) atoms. The maximum Gasteiger partial charge on any atom is 0.122 e. The zero-order chi connectivity index (χ0) is 17.1. The maximum atomic E-state index is 5.45. The van der Waals surface area contributed by atoms with E-state index in [4.69, 9.17) is 9.47 Å². The first kappa shape index (κ1) is 18.1. The van der Waals surface area contributed by atoms with Crippen molar-refractivity contribution in [2.75, 3.05) is 18.6 Å². The molecule has 0 aliphatic carbocycles. The third-order valence-electron chi connectivity index (χ3n) is 4.47. The van der Waals surface area contributed by atoms with Gasteiger partial charge >= 0.3 is 0 Å². The maximum absolute atomic E-state index is 5.45. The van der Waals surface area contributed by atoms with Crippen LogP contribution < -0.4 is 9.47 Å². The van der Waals surface area contributed by atoms with Crippen molar-refractivity contribution >= 4 is 22.6 Å². The summed E-state index contributed by atoms with van der Waals surface area (Å²) >= 11 is 2.49. The normalized spacial score (nSPS) is 11.0. The van der Waals surface area contributed by atoms with Gasteiger partial charge in [0.25, 0.3) is 0 Å². The van der Waals surface area contributed by atoms with Crippen LogP contribution >= 0.6 is 22.6 Å². The molecular formula is C20H25IO2. The number of benzene rings is 2. The average Bonchev–Trinajstić information content (AvgIpc) is 2.53. The van der Waals surface area contributed by atoms with Gasteiger partial charge in [0.05, 0.1) is 14.2 Å². The standard InChI is InChI=1S/C20H25IO2/c1-12-9-19(22-5)14(3)7-16(12)18(11-21)17-8-15(4)20(23-6)10-13(17)2/h7-10,18H,11H2,1-6H3. The molecule has 0 aliphatic heterocycles. The minimum absolute atomic E-state index is 0.379. The van der Waals surface area contributed by atoms with Crippen LogP contribution in [-0.4, -0.2) is 18.6 Å². The smallest absolute Gasteiger partial charge is 0.122 e. The van der Waals surface area contributed by atoms with Gasteiger partial charge in [0, 0.05) is 10.3 Å². The monoisotopic (exact) mass is 424 g/mol. The lowest BCUT2D eigenvalue weighted by molar-refractivity contribution is 0.411. The molecule has 2 aromatic rings. The first-order valence-electron chi connectivity index (χ1n) is 7.79. The third kappa shape index (κ3) is 3.65. The second-order valence-corrected chi connectivity index (χ2v) is 6.94. The van der Waals surface area contributed by atoms with Crippen molar-refractivity contribution in [3.8, 4) is 11.5 Å². The summed E-state index contributed by atoms with van der Waals surface area (Å²) < 4.78 is 11.9.